The molecule has 7 nitrogen and oxygen atoms in total. The van der Waals surface area contributed by atoms with Crippen molar-refractivity contribution >= 4 is 21.6 Å². The van der Waals surface area contributed by atoms with Crippen molar-refractivity contribution in [2.45, 2.75) is 36.7 Å². The van der Waals surface area contributed by atoms with Gasteiger partial charge >= 0.3 is 6.36 Å². The average molecular weight is 532 g/mol. The van der Waals surface area contributed by atoms with Crippen LogP contribution in [0, 0.1) is 0 Å². The second kappa shape index (κ2) is 9.71. The zero-order valence-electron chi connectivity index (χ0n) is 19.6. The van der Waals surface area contributed by atoms with Gasteiger partial charge in [-0.1, -0.05) is 24.3 Å². The average Bonchev–Trinajstić information content (AvgIpc) is 3.25. The highest BCUT2D eigenvalue weighted by atomic mass is 32.2. The van der Waals surface area contributed by atoms with Crippen LogP contribution in [-0.2, 0) is 16.6 Å². The first-order valence-electron chi connectivity index (χ1n) is 11.7. The Morgan fingerprint density at radius 1 is 0.919 bits per heavy atom. The molecule has 0 saturated carbocycles. The van der Waals surface area contributed by atoms with Crippen molar-refractivity contribution in [1.82, 2.24) is 9.62 Å². The Kier molecular flexibility index (Phi) is 6.59. The molecule has 2 N–H and O–H groups in total. The molecule has 1 saturated heterocycles. The Morgan fingerprint density at radius 2 is 1.57 bits per heavy atom. The van der Waals surface area contributed by atoms with Gasteiger partial charge in [0.15, 0.2) is 0 Å². The maximum absolute atomic E-state index is 13.2. The molecule has 0 atom stereocenters. The van der Waals surface area contributed by atoms with Crippen molar-refractivity contribution in [2.24, 2.45) is 0 Å². The number of alkyl halides is 3. The van der Waals surface area contributed by atoms with Crippen LogP contribution in [0.2, 0.25) is 0 Å². The normalized spacial score (nSPS) is 16.8. The van der Waals surface area contributed by atoms with Crippen LogP contribution in [0.1, 0.15) is 28.8 Å². The van der Waals surface area contributed by atoms with Gasteiger partial charge in [0.2, 0.25) is 10.0 Å². The first kappa shape index (κ1) is 25.1. The highest BCUT2D eigenvalue weighted by Crippen LogP contribution is 2.29. The van der Waals surface area contributed by atoms with Crippen molar-refractivity contribution in [3.63, 3.8) is 0 Å². The molecular weight excluding hydrogens is 507 g/mol. The second-order valence-corrected chi connectivity index (χ2v) is 10.9. The van der Waals surface area contributed by atoms with Gasteiger partial charge in [0, 0.05) is 36.9 Å². The topological polar surface area (TPSA) is 87.7 Å². The van der Waals surface area contributed by atoms with Crippen LogP contribution in [0.5, 0.6) is 5.75 Å². The predicted octanol–water partition coefficient (Wildman–Crippen LogP) is 4.76. The van der Waals surface area contributed by atoms with Crippen molar-refractivity contribution < 1.29 is 31.1 Å². The second-order valence-electron chi connectivity index (χ2n) is 8.97. The fraction of sp³-hybridized carbons (Fsp3) is 0.269. The zero-order valence-corrected chi connectivity index (χ0v) is 20.4. The number of amides is 1. The third kappa shape index (κ3) is 5.57. The molecule has 0 unspecified atom stereocenters. The summed E-state index contributed by atoms with van der Waals surface area (Å²) in [5.41, 5.74) is 3.87. The highest BCUT2D eigenvalue weighted by Gasteiger charge is 2.31. The van der Waals surface area contributed by atoms with E-state index in [0.29, 0.717) is 43.7 Å². The van der Waals surface area contributed by atoms with E-state index in [4.69, 9.17) is 0 Å². The summed E-state index contributed by atoms with van der Waals surface area (Å²) >= 11 is 0. The Balaban J connectivity index is 1.19. The standard InChI is InChI=1S/C26H24F3N3O4S/c27-26(28,29)36-22-7-5-20(6-8-22)31-21-11-13-32(14-12-21)37(34,35)23-9-3-17(4-10-23)18-1-2-19-16-30-25(33)24(19)15-18/h1-10,15,21,31H,11-14,16H2,(H,30,33). The predicted molar refractivity (Wildman–Crippen MR) is 132 cm³/mol. The lowest BCUT2D eigenvalue weighted by Gasteiger charge is -2.32. The molecule has 5 rings (SSSR count). The molecule has 0 spiro atoms. The molecule has 0 aromatic heterocycles. The van der Waals surface area contributed by atoms with Gasteiger partial charge < -0.3 is 15.4 Å². The van der Waals surface area contributed by atoms with Gasteiger partial charge in [0.1, 0.15) is 5.75 Å². The number of piperidine rings is 1. The van der Waals surface area contributed by atoms with E-state index in [1.165, 1.54) is 28.6 Å². The molecule has 2 aliphatic heterocycles. The van der Waals surface area contributed by atoms with Crippen molar-refractivity contribution in [3.8, 4) is 16.9 Å². The summed E-state index contributed by atoms with van der Waals surface area (Å²) in [6.45, 7) is 1.15. The number of anilines is 1. The lowest BCUT2D eigenvalue weighted by atomic mass is 10.0. The van der Waals surface area contributed by atoms with E-state index >= 15 is 0 Å². The molecule has 1 amide bonds. The number of nitrogens with one attached hydrogen (secondary N) is 2. The number of carbonyl (C=O) groups is 1. The summed E-state index contributed by atoms with van der Waals surface area (Å²) < 4.78 is 68.7. The number of fused-ring (bicyclic) bond motifs is 1. The zero-order chi connectivity index (χ0) is 26.2. The molecule has 1 fully saturated rings. The number of ether oxygens (including phenoxy) is 1. The molecule has 11 heteroatoms. The minimum Gasteiger partial charge on any atom is -0.406 e. The van der Waals surface area contributed by atoms with Crippen LogP contribution in [0.25, 0.3) is 11.1 Å². The summed E-state index contributed by atoms with van der Waals surface area (Å²) in [4.78, 5) is 12.1. The Morgan fingerprint density at radius 3 is 2.22 bits per heavy atom. The van der Waals surface area contributed by atoms with E-state index < -0.39 is 16.4 Å². The number of hydrogen-bond acceptors (Lipinski definition) is 5. The van der Waals surface area contributed by atoms with Gasteiger partial charge in [0.25, 0.3) is 5.91 Å². The monoisotopic (exact) mass is 531 g/mol. The summed E-state index contributed by atoms with van der Waals surface area (Å²) in [6.07, 6.45) is -3.64. The number of hydrogen-bond donors (Lipinski definition) is 2. The van der Waals surface area contributed by atoms with E-state index in [-0.39, 0.29) is 22.6 Å². The lowest BCUT2D eigenvalue weighted by molar-refractivity contribution is -0.274. The van der Waals surface area contributed by atoms with Crippen LogP contribution in [0.15, 0.2) is 71.6 Å². The first-order valence-corrected chi connectivity index (χ1v) is 13.2. The maximum atomic E-state index is 13.2. The Labute approximate surface area is 212 Å². The van der Waals surface area contributed by atoms with Crippen LogP contribution in [0.4, 0.5) is 18.9 Å². The van der Waals surface area contributed by atoms with E-state index in [1.54, 1.807) is 24.3 Å². The maximum Gasteiger partial charge on any atom is 0.573 e. The molecule has 0 radical (unpaired) electrons. The molecule has 3 aromatic rings. The number of benzene rings is 3. The number of sulfonamides is 1. The van der Waals surface area contributed by atoms with Gasteiger partial charge in [-0.05, 0) is 72.0 Å². The number of carbonyl (C=O) groups excluding carboxylic acids is 1. The van der Waals surface area contributed by atoms with Crippen LogP contribution >= 0.6 is 0 Å². The summed E-state index contributed by atoms with van der Waals surface area (Å²) in [6, 6.07) is 17.7. The van der Waals surface area contributed by atoms with Crippen molar-refractivity contribution in [2.75, 3.05) is 18.4 Å². The molecule has 194 valence electrons. The number of rotatable bonds is 6. The fourth-order valence-electron chi connectivity index (χ4n) is 4.59. The van der Waals surface area contributed by atoms with Gasteiger partial charge in [-0.15, -0.1) is 13.2 Å². The van der Waals surface area contributed by atoms with Crippen molar-refractivity contribution in [1.29, 1.82) is 0 Å². The molecular formula is C26H24F3N3O4S. The number of nitrogens with zero attached hydrogens (tertiary/aromatic N) is 1. The Bertz CT molecular complexity index is 1400. The van der Waals surface area contributed by atoms with E-state index in [9.17, 15) is 26.4 Å². The van der Waals surface area contributed by atoms with E-state index in [1.807, 2.05) is 18.2 Å². The molecule has 3 aromatic carbocycles. The lowest BCUT2D eigenvalue weighted by Crippen LogP contribution is -2.42. The molecule has 37 heavy (non-hydrogen) atoms. The molecule has 2 aliphatic rings. The van der Waals surface area contributed by atoms with E-state index in [2.05, 4.69) is 15.4 Å². The summed E-state index contributed by atoms with van der Waals surface area (Å²) in [7, 11) is -3.68. The van der Waals surface area contributed by atoms with Crippen LogP contribution < -0.4 is 15.4 Å². The smallest absolute Gasteiger partial charge is 0.406 e. The van der Waals surface area contributed by atoms with Gasteiger partial charge in [-0.2, -0.15) is 4.31 Å². The van der Waals surface area contributed by atoms with Gasteiger partial charge in [0.05, 0.1) is 4.90 Å². The third-order valence-electron chi connectivity index (χ3n) is 6.53. The number of halogens is 3. The van der Waals surface area contributed by atoms with E-state index in [0.717, 1.165) is 16.7 Å². The highest BCUT2D eigenvalue weighted by molar-refractivity contribution is 7.89. The molecule has 2 heterocycles. The quantitative estimate of drug-likeness (QED) is 0.479. The molecule has 0 bridgehead atoms. The largest absolute Gasteiger partial charge is 0.573 e. The summed E-state index contributed by atoms with van der Waals surface area (Å²) in [5, 5.41) is 6.03. The van der Waals surface area contributed by atoms with Gasteiger partial charge in [-0.3, -0.25) is 4.79 Å². The fourth-order valence-corrected chi connectivity index (χ4v) is 6.06. The first-order chi connectivity index (χ1) is 17.6. The minimum absolute atomic E-state index is 0.0137. The third-order valence-corrected chi connectivity index (χ3v) is 8.44. The van der Waals surface area contributed by atoms with Crippen LogP contribution in [0.3, 0.4) is 0 Å². The van der Waals surface area contributed by atoms with Crippen LogP contribution in [-0.4, -0.2) is 44.1 Å². The Hall–Kier alpha value is -3.57. The summed E-state index contributed by atoms with van der Waals surface area (Å²) in [5.74, 6) is -0.409. The van der Waals surface area contributed by atoms with Gasteiger partial charge in [-0.25, -0.2) is 8.42 Å². The minimum atomic E-state index is -4.74. The van der Waals surface area contributed by atoms with Crippen molar-refractivity contribution in [3.05, 3.63) is 77.9 Å². The molecule has 0 aliphatic carbocycles. The SMILES string of the molecule is O=C1NCc2ccc(-c3ccc(S(=O)(=O)N4CCC(Nc5ccc(OC(F)(F)F)cc5)CC4)cc3)cc21.